The summed E-state index contributed by atoms with van der Waals surface area (Å²) in [5.74, 6) is -1.57. The first kappa shape index (κ1) is 8.74. The van der Waals surface area contributed by atoms with Crippen LogP contribution in [-0.4, -0.2) is 10.5 Å². The number of benzene rings is 1. The summed E-state index contributed by atoms with van der Waals surface area (Å²) >= 11 is 0. The summed E-state index contributed by atoms with van der Waals surface area (Å²) in [6, 6.07) is 5.98. The van der Waals surface area contributed by atoms with Gasteiger partial charge >= 0.3 is 0 Å². The second kappa shape index (κ2) is 3.14. The van der Waals surface area contributed by atoms with Gasteiger partial charge in [-0.15, -0.1) is 0 Å². The van der Waals surface area contributed by atoms with Gasteiger partial charge in [-0.05, 0) is 29.7 Å². The standard InChI is InChI=1S/C10H8FNO2/c11-8-2-1-7-3-4-12(6-10(13)14)9(7)5-8/h1-5H,6H2,(H,13,14)/p-1. The molecule has 0 aliphatic carbocycles. The van der Waals surface area contributed by atoms with Crippen molar-refractivity contribution in [2.75, 3.05) is 0 Å². The van der Waals surface area contributed by atoms with Crippen LogP contribution in [0.1, 0.15) is 0 Å². The number of rotatable bonds is 2. The number of halogens is 1. The van der Waals surface area contributed by atoms with Crippen LogP contribution in [0.25, 0.3) is 10.9 Å². The number of carbonyl (C=O) groups is 1. The van der Waals surface area contributed by atoms with E-state index >= 15 is 0 Å². The van der Waals surface area contributed by atoms with E-state index in [2.05, 4.69) is 0 Å². The number of hydrogen-bond acceptors (Lipinski definition) is 2. The number of carboxylic acids is 1. The van der Waals surface area contributed by atoms with E-state index in [0.29, 0.717) is 5.52 Å². The lowest BCUT2D eigenvalue weighted by Gasteiger charge is -2.05. The molecule has 0 saturated heterocycles. The molecule has 0 unspecified atom stereocenters. The second-order valence-corrected chi connectivity index (χ2v) is 3.02. The zero-order valence-corrected chi connectivity index (χ0v) is 7.24. The van der Waals surface area contributed by atoms with Crippen LogP contribution < -0.4 is 5.11 Å². The number of carbonyl (C=O) groups excluding carboxylic acids is 1. The highest BCUT2D eigenvalue weighted by Crippen LogP contribution is 2.16. The van der Waals surface area contributed by atoms with E-state index in [0.717, 1.165) is 5.39 Å². The molecule has 72 valence electrons. The summed E-state index contributed by atoms with van der Waals surface area (Å²) in [6.07, 6.45) is 1.60. The smallest absolute Gasteiger partial charge is 0.125 e. The van der Waals surface area contributed by atoms with Gasteiger partial charge in [-0.25, -0.2) is 4.39 Å². The Balaban J connectivity index is 2.55. The first-order valence-corrected chi connectivity index (χ1v) is 4.11. The van der Waals surface area contributed by atoms with Crippen LogP contribution in [0, 0.1) is 5.82 Å². The zero-order chi connectivity index (χ0) is 10.1. The molecule has 1 aromatic carbocycles. The number of nitrogens with zero attached hydrogens (tertiary/aromatic N) is 1. The fourth-order valence-electron chi connectivity index (χ4n) is 1.43. The highest BCUT2D eigenvalue weighted by molar-refractivity contribution is 5.81. The summed E-state index contributed by atoms with van der Waals surface area (Å²) < 4.78 is 14.3. The Morgan fingerprint density at radius 2 is 2.21 bits per heavy atom. The predicted octanol–water partition coefficient (Wildman–Crippen LogP) is 0.530. The van der Waals surface area contributed by atoms with Crippen molar-refractivity contribution in [2.45, 2.75) is 6.54 Å². The molecule has 0 aliphatic rings. The van der Waals surface area contributed by atoms with Crippen molar-refractivity contribution < 1.29 is 14.3 Å². The van der Waals surface area contributed by atoms with E-state index in [4.69, 9.17) is 0 Å². The maximum absolute atomic E-state index is 12.9. The van der Waals surface area contributed by atoms with Crippen molar-refractivity contribution >= 4 is 16.9 Å². The topological polar surface area (TPSA) is 45.1 Å². The molecule has 0 radical (unpaired) electrons. The monoisotopic (exact) mass is 192 g/mol. The summed E-state index contributed by atoms with van der Waals surface area (Å²) in [7, 11) is 0. The van der Waals surface area contributed by atoms with Gasteiger partial charge in [0.2, 0.25) is 0 Å². The third-order valence-corrected chi connectivity index (χ3v) is 2.04. The molecule has 0 spiro atoms. The molecule has 0 atom stereocenters. The van der Waals surface area contributed by atoms with Gasteiger partial charge in [-0.1, -0.05) is 0 Å². The van der Waals surface area contributed by atoms with Gasteiger partial charge in [0.25, 0.3) is 0 Å². The van der Waals surface area contributed by atoms with Gasteiger partial charge in [0.15, 0.2) is 0 Å². The fraction of sp³-hybridized carbons (Fsp3) is 0.100. The molecule has 0 aliphatic heterocycles. The van der Waals surface area contributed by atoms with Crippen LogP contribution in [0.3, 0.4) is 0 Å². The normalized spacial score (nSPS) is 10.6. The molecule has 4 heteroatoms. The maximum Gasteiger partial charge on any atom is 0.125 e. The van der Waals surface area contributed by atoms with Gasteiger partial charge < -0.3 is 14.5 Å². The summed E-state index contributed by atoms with van der Waals surface area (Å²) in [4.78, 5) is 10.4. The van der Waals surface area contributed by atoms with Crippen LogP contribution in [0.15, 0.2) is 30.5 Å². The lowest BCUT2D eigenvalue weighted by atomic mass is 10.2. The number of aliphatic carboxylic acids is 1. The fourth-order valence-corrected chi connectivity index (χ4v) is 1.43. The third kappa shape index (κ3) is 1.46. The molecule has 1 heterocycles. The number of hydrogen-bond donors (Lipinski definition) is 0. The minimum Gasteiger partial charge on any atom is -0.548 e. The van der Waals surface area contributed by atoms with Crippen LogP contribution in [0.5, 0.6) is 0 Å². The van der Waals surface area contributed by atoms with E-state index in [9.17, 15) is 14.3 Å². The minimum absolute atomic E-state index is 0.257. The van der Waals surface area contributed by atoms with Gasteiger partial charge in [0, 0.05) is 6.20 Å². The van der Waals surface area contributed by atoms with Gasteiger partial charge in [0.05, 0.1) is 18.0 Å². The van der Waals surface area contributed by atoms with Crippen molar-refractivity contribution in [3.63, 3.8) is 0 Å². The van der Waals surface area contributed by atoms with Crippen molar-refractivity contribution in [3.05, 3.63) is 36.3 Å². The van der Waals surface area contributed by atoms with E-state index in [1.165, 1.54) is 16.7 Å². The van der Waals surface area contributed by atoms with Gasteiger partial charge in [-0.2, -0.15) is 0 Å². The molecule has 1 aromatic heterocycles. The Morgan fingerprint density at radius 3 is 2.93 bits per heavy atom. The highest BCUT2D eigenvalue weighted by atomic mass is 19.1. The van der Waals surface area contributed by atoms with E-state index in [1.54, 1.807) is 18.3 Å². The summed E-state index contributed by atoms with van der Waals surface area (Å²) in [5.41, 5.74) is 0.564. The van der Waals surface area contributed by atoms with Crippen LogP contribution in [0.2, 0.25) is 0 Å². The lowest BCUT2D eigenvalue weighted by Crippen LogP contribution is -2.27. The van der Waals surface area contributed by atoms with Crippen molar-refractivity contribution in [1.29, 1.82) is 0 Å². The Bertz CT molecular complexity index is 490. The lowest BCUT2D eigenvalue weighted by molar-refractivity contribution is -0.306. The molecule has 2 rings (SSSR count). The molecular formula is C10H7FNO2-. The molecule has 0 saturated carbocycles. The first-order chi connectivity index (χ1) is 6.66. The Hall–Kier alpha value is -1.84. The van der Waals surface area contributed by atoms with Crippen LogP contribution in [-0.2, 0) is 11.3 Å². The molecule has 3 nitrogen and oxygen atoms in total. The molecule has 0 fully saturated rings. The summed E-state index contributed by atoms with van der Waals surface area (Å²) in [5, 5.41) is 11.2. The molecule has 14 heavy (non-hydrogen) atoms. The summed E-state index contributed by atoms with van der Waals surface area (Å²) in [6.45, 7) is -0.257. The molecular weight excluding hydrogens is 185 g/mol. The van der Waals surface area contributed by atoms with Crippen molar-refractivity contribution in [3.8, 4) is 0 Å². The van der Waals surface area contributed by atoms with E-state index in [1.807, 2.05) is 0 Å². The quantitative estimate of drug-likeness (QED) is 0.696. The Kier molecular flexibility index (Phi) is 1.96. The van der Waals surface area contributed by atoms with E-state index in [-0.39, 0.29) is 12.4 Å². The van der Waals surface area contributed by atoms with Crippen LogP contribution in [0.4, 0.5) is 4.39 Å². The molecule has 0 bridgehead atoms. The average Bonchev–Trinajstić information content (AvgIpc) is 2.47. The van der Waals surface area contributed by atoms with E-state index < -0.39 is 5.97 Å². The average molecular weight is 192 g/mol. The number of aromatic nitrogens is 1. The molecule has 0 N–H and O–H groups in total. The predicted molar refractivity (Wildman–Crippen MR) is 46.9 cm³/mol. The largest absolute Gasteiger partial charge is 0.548 e. The molecule has 2 aromatic rings. The Labute approximate surface area is 79.4 Å². The number of carboxylic acid groups (broad SMARTS) is 1. The van der Waals surface area contributed by atoms with Crippen molar-refractivity contribution in [2.24, 2.45) is 0 Å². The second-order valence-electron chi connectivity index (χ2n) is 3.02. The minimum atomic E-state index is -1.19. The zero-order valence-electron chi connectivity index (χ0n) is 7.24. The first-order valence-electron chi connectivity index (χ1n) is 4.11. The van der Waals surface area contributed by atoms with Gasteiger partial charge in [-0.3, -0.25) is 0 Å². The van der Waals surface area contributed by atoms with Gasteiger partial charge in [0.1, 0.15) is 5.82 Å². The highest BCUT2D eigenvalue weighted by Gasteiger charge is 2.01. The van der Waals surface area contributed by atoms with Crippen LogP contribution >= 0.6 is 0 Å². The number of fused-ring (bicyclic) bond motifs is 1. The van der Waals surface area contributed by atoms with Crippen molar-refractivity contribution in [1.82, 2.24) is 4.57 Å². The Morgan fingerprint density at radius 1 is 1.43 bits per heavy atom. The SMILES string of the molecule is O=C([O-])Cn1ccc2ccc(F)cc21. The maximum atomic E-state index is 12.9. The third-order valence-electron chi connectivity index (χ3n) is 2.04. The molecule has 0 amide bonds.